The summed E-state index contributed by atoms with van der Waals surface area (Å²) in [4.78, 5) is 0. The maximum atomic E-state index is 5.34. The largest absolute Gasteiger partial charge is 2.00 e. The van der Waals surface area contributed by atoms with Gasteiger partial charge in [-0.2, -0.15) is 0 Å². The van der Waals surface area contributed by atoms with Gasteiger partial charge in [-0.25, -0.2) is 0 Å². The average Bonchev–Trinajstić information content (AvgIpc) is 2.05. The number of benzene rings is 1. The number of para-hydroxylation sites is 1. The zero-order chi connectivity index (χ0) is 6.81. The van der Waals surface area contributed by atoms with Gasteiger partial charge in [-0.15, -0.1) is 0 Å². The van der Waals surface area contributed by atoms with Crippen LogP contribution in [-0.2, 0) is 0 Å². The fourth-order valence-corrected chi connectivity index (χ4v) is 1.06. The molecule has 0 unspecified atom stereocenters. The van der Waals surface area contributed by atoms with Gasteiger partial charge < -0.3 is 7.59 Å². The fraction of sp³-hybridized carbons (Fsp3) is 0.111. The molecular formula is C9H10OSr. The molecule has 0 fully saturated rings. The average molecular weight is 222 g/mol. The Morgan fingerprint density at radius 3 is 2.91 bits per heavy atom. The maximum absolute atomic E-state index is 5.34. The van der Waals surface area contributed by atoms with E-state index in [-0.39, 0.29) is 48.3 Å². The van der Waals surface area contributed by atoms with E-state index in [9.17, 15) is 0 Å². The molecule has 0 radical (unpaired) electrons. The van der Waals surface area contributed by atoms with Crippen LogP contribution in [-0.4, -0.2) is 52.1 Å². The molecule has 1 aromatic rings. The van der Waals surface area contributed by atoms with Crippen LogP contribution >= 0.6 is 0 Å². The first-order valence-corrected chi connectivity index (χ1v) is 3.35. The summed E-state index contributed by atoms with van der Waals surface area (Å²) in [6.07, 6.45) is 4.10. The number of hydrogen-bond donors (Lipinski definition) is 0. The second-order valence-corrected chi connectivity index (χ2v) is 2.25. The molecule has 0 saturated heterocycles. The van der Waals surface area contributed by atoms with Crippen LogP contribution in [0.3, 0.4) is 0 Å². The van der Waals surface area contributed by atoms with Crippen molar-refractivity contribution in [1.29, 1.82) is 0 Å². The van der Waals surface area contributed by atoms with Crippen LogP contribution < -0.4 is 4.74 Å². The third kappa shape index (κ3) is 2.09. The minimum atomic E-state index is 0. The van der Waals surface area contributed by atoms with Gasteiger partial charge in [0.15, 0.2) is 0 Å². The number of hydrogen-bond acceptors (Lipinski definition) is 1. The second kappa shape index (κ2) is 4.31. The van der Waals surface area contributed by atoms with Crippen molar-refractivity contribution in [3.05, 3.63) is 35.9 Å². The normalized spacial score (nSPS) is 12.7. The Morgan fingerprint density at radius 2 is 2.09 bits per heavy atom. The van der Waals surface area contributed by atoms with Gasteiger partial charge in [0.25, 0.3) is 0 Å². The third-order valence-electron chi connectivity index (χ3n) is 1.55. The summed E-state index contributed by atoms with van der Waals surface area (Å²) in [5.41, 5.74) is 1.17. The summed E-state index contributed by atoms with van der Waals surface area (Å²) in [7, 11) is 0. The van der Waals surface area contributed by atoms with Crippen LogP contribution in [0.25, 0.3) is 6.08 Å². The van der Waals surface area contributed by atoms with Crippen molar-refractivity contribution in [1.82, 2.24) is 0 Å². The molecule has 1 aliphatic rings. The van der Waals surface area contributed by atoms with Gasteiger partial charge >= 0.3 is 45.5 Å². The van der Waals surface area contributed by atoms with Crippen LogP contribution in [0.5, 0.6) is 5.75 Å². The Balaban J connectivity index is 0. The molecule has 11 heavy (non-hydrogen) atoms. The van der Waals surface area contributed by atoms with Gasteiger partial charge in [-0.1, -0.05) is 24.3 Å². The van der Waals surface area contributed by atoms with E-state index in [1.807, 2.05) is 30.3 Å². The standard InChI is InChI=1S/C9H8O.Sr.2H/c1-2-6-9-8(4-1)5-3-7-10-9;;;/h1-6H,7H2;;;/q;+2;2*-1. The summed E-state index contributed by atoms with van der Waals surface area (Å²) in [5.74, 6) is 0.991. The van der Waals surface area contributed by atoms with Gasteiger partial charge in [-0.05, 0) is 12.1 Å². The predicted molar refractivity (Wildman–Crippen MR) is 48.9 cm³/mol. The summed E-state index contributed by atoms with van der Waals surface area (Å²) in [5, 5.41) is 0. The molecule has 0 amide bonds. The molecule has 1 nitrogen and oxygen atoms in total. The van der Waals surface area contributed by atoms with Crippen molar-refractivity contribution in [3.8, 4) is 5.75 Å². The molecule has 0 aliphatic carbocycles. The number of ether oxygens (including phenoxy) is 1. The van der Waals surface area contributed by atoms with E-state index in [1.165, 1.54) is 5.56 Å². The Morgan fingerprint density at radius 1 is 1.27 bits per heavy atom. The van der Waals surface area contributed by atoms with Crippen molar-refractivity contribution < 1.29 is 7.59 Å². The first kappa shape index (κ1) is 9.33. The summed E-state index contributed by atoms with van der Waals surface area (Å²) in [6, 6.07) is 8.03. The number of rotatable bonds is 0. The van der Waals surface area contributed by atoms with E-state index in [0.717, 1.165) is 5.75 Å². The summed E-state index contributed by atoms with van der Waals surface area (Å²) < 4.78 is 5.34. The zero-order valence-corrected chi connectivity index (χ0v) is 9.76. The van der Waals surface area contributed by atoms with E-state index in [4.69, 9.17) is 4.74 Å². The summed E-state index contributed by atoms with van der Waals surface area (Å²) in [6.45, 7) is 0.705. The molecule has 0 N–H and O–H groups in total. The van der Waals surface area contributed by atoms with Crippen LogP contribution in [0.4, 0.5) is 0 Å². The van der Waals surface area contributed by atoms with Gasteiger partial charge in [-0.3, -0.25) is 0 Å². The van der Waals surface area contributed by atoms with Gasteiger partial charge in [0, 0.05) is 5.56 Å². The van der Waals surface area contributed by atoms with Crippen LogP contribution in [0.1, 0.15) is 8.42 Å². The van der Waals surface area contributed by atoms with Gasteiger partial charge in [0.05, 0.1) is 0 Å². The Kier molecular flexibility index (Phi) is 3.66. The first-order chi connectivity index (χ1) is 4.97. The molecule has 1 aliphatic heterocycles. The van der Waals surface area contributed by atoms with Crippen molar-refractivity contribution in [2.75, 3.05) is 6.61 Å². The van der Waals surface area contributed by atoms with Crippen LogP contribution in [0, 0.1) is 0 Å². The SMILES string of the molecule is C1=Cc2ccccc2OC1.[H-].[H-].[Sr+2]. The molecule has 0 aromatic heterocycles. The number of fused-ring (bicyclic) bond motifs is 1. The first-order valence-electron chi connectivity index (χ1n) is 3.35. The fourth-order valence-electron chi connectivity index (χ4n) is 1.06. The molecule has 0 spiro atoms. The summed E-state index contributed by atoms with van der Waals surface area (Å²) >= 11 is 0. The zero-order valence-electron chi connectivity index (χ0n) is 8.29. The molecule has 0 saturated carbocycles. The van der Waals surface area contributed by atoms with Gasteiger partial charge in [0.2, 0.25) is 0 Å². The van der Waals surface area contributed by atoms with E-state index in [1.54, 1.807) is 0 Å². The Bertz CT molecular complexity index is 276. The molecule has 54 valence electrons. The second-order valence-electron chi connectivity index (χ2n) is 2.25. The van der Waals surface area contributed by atoms with E-state index in [2.05, 4.69) is 6.08 Å². The monoisotopic (exact) mass is 222 g/mol. The van der Waals surface area contributed by atoms with Crippen molar-refractivity contribution in [2.45, 2.75) is 0 Å². The molecule has 1 heterocycles. The quantitative estimate of drug-likeness (QED) is 0.609. The molecule has 2 rings (SSSR count). The van der Waals surface area contributed by atoms with Crippen LogP contribution in [0.2, 0.25) is 0 Å². The molecule has 2 heteroatoms. The van der Waals surface area contributed by atoms with Crippen LogP contribution in [0.15, 0.2) is 30.3 Å². The van der Waals surface area contributed by atoms with Crippen molar-refractivity contribution >= 4 is 51.6 Å². The minimum Gasteiger partial charge on any atom is -1.00 e. The third-order valence-corrected chi connectivity index (χ3v) is 1.55. The maximum Gasteiger partial charge on any atom is 2.00 e. The Labute approximate surface area is 106 Å². The van der Waals surface area contributed by atoms with E-state index < -0.39 is 0 Å². The van der Waals surface area contributed by atoms with Gasteiger partial charge in [0.1, 0.15) is 12.4 Å². The smallest absolute Gasteiger partial charge is 1.00 e. The molecular weight excluding hydrogens is 212 g/mol. The van der Waals surface area contributed by atoms with E-state index >= 15 is 0 Å². The molecule has 0 bridgehead atoms. The Hall–Kier alpha value is 0.241. The predicted octanol–water partition coefficient (Wildman–Crippen LogP) is 1.94. The minimum absolute atomic E-state index is 0. The van der Waals surface area contributed by atoms with Crippen molar-refractivity contribution in [2.24, 2.45) is 0 Å². The molecule has 0 atom stereocenters. The van der Waals surface area contributed by atoms with E-state index in [0.29, 0.717) is 6.61 Å². The topological polar surface area (TPSA) is 9.23 Å². The molecule has 1 aromatic carbocycles. The van der Waals surface area contributed by atoms with Crippen molar-refractivity contribution in [3.63, 3.8) is 0 Å².